The van der Waals surface area contributed by atoms with Gasteiger partial charge in [-0.1, -0.05) is 0 Å². The van der Waals surface area contributed by atoms with Gasteiger partial charge in [-0.3, -0.25) is 14.6 Å². The van der Waals surface area contributed by atoms with Crippen molar-refractivity contribution in [1.82, 2.24) is 25.4 Å². The molecular formula is C19H29N5O4. The second kappa shape index (κ2) is 10.6. The number of carbonyl (C=O) groups is 3. The van der Waals surface area contributed by atoms with Gasteiger partial charge in [-0.05, 0) is 39.9 Å². The van der Waals surface area contributed by atoms with Crippen molar-refractivity contribution in [3.8, 4) is 0 Å². The van der Waals surface area contributed by atoms with Crippen LogP contribution in [0.1, 0.15) is 40.5 Å². The van der Waals surface area contributed by atoms with Crippen LogP contribution in [0.25, 0.3) is 0 Å². The Hall–Kier alpha value is -2.68. The van der Waals surface area contributed by atoms with Crippen molar-refractivity contribution in [3.63, 3.8) is 0 Å². The summed E-state index contributed by atoms with van der Waals surface area (Å²) in [5, 5.41) is 5.76. The van der Waals surface area contributed by atoms with E-state index in [1.807, 2.05) is 19.0 Å². The summed E-state index contributed by atoms with van der Waals surface area (Å²) < 4.78 is 4.99. The molecule has 1 saturated heterocycles. The van der Waals surface area contributed by atoms with E-state index in [1.165, 1.54) is 12.4 Å². The quantitative estimate of drug-likeness (QED) is 0.710. The van der Waals surface area contributed by atoms with Crippen LogP contribution in [-0.4, -0.2) is 85.6 Å². The van der Waals surface area contributed by atoms with Gasteiger partial charge in [0.2, 0.25) is 0 Å². The van der Waals surface area contributed by atoms with Gasteiger partial charge in [-0.15, -0.1) is 0 Å². The molecule has 1 aliphatic heterocycles. The Labute approximate surface area is 165 Å². The number of aromatic nitrogens is 1. The first-order valence-electron chi connectivity index (χ1n) is 9.51. The van der Waals surface area contributed by atoms with Gasteiger partial charge in [-0.25, -0.2) is 4.79 Å². The summed E-state index contributed by atoms with van der Waals surface area (Å²) in [6.45, 7) is 4.44. The third kappa shape index (κ3) is 6.49. The lowest BCUT2D eigenvalue weighted by Crippen LogP contribution is -2.46. The minimum Gasteiger partial charge on any atom is -0.450 e. The van der Waals surface area contributed by atoms with E-state index < -0.39 is 0 Å². The van der Waals surface area contributed by atoms with E-state index >= 15 is 0 Å². The average Bonchev–Trinajstić information content (AvgIpc) is 2.68. The van der Waals surface area contributed by atoms with E-state index in [1.54, 1.807) is 17.9 Å². The Morgan fingerprint density at radius 2 is 1.82 bits per heavy atom. The van der Waals surface area contributed by atoms with Crippen LogP contribution in [0.3, 0.4) is 0 Å². The largest absolute Gasteiger partial charge is 0.450 e. The Morgan fingerprint density at radius 3 is 2.43 bits per heavy atom. The molecule has 9 nitrogen and oxygen atoms in total. The molecule has 0 spiro atoms. The van der Waals surface area contributed by atoms with Gasteiger partial charge < -0.3 is 25.2 Å². The van der Waals surface area contributed by atoms with Crippen LogP contribution in [0.5, 0.6) is 0 Å². The molecule has 0 radical (unpaired) electrons. The van der Waals surface area contributed by atoms with E-state index in [-0.39, 0.29) is 23.9 Å². The number of hydrogen-bond donors (Lipinski definition) is 2. The highest BCUT2D eigenvalue weighted by Crippen LogP contribution is 2.13. The molecule has 0 atom stereocenters. The predicted octanol–water partition coefficient (Wildman–Crippen LogP) is 0.724. The van der Waals surface area contributed by atoms with Crippen molar-refractivity contribution in [2.75, 3.05) is 46.9 Å². The number of rotatable bonds is 7. The number of nitrogens with one attached hydrogen (secondary N) is 2. The zero-order chi connectivity index (χ0) is 20.5. The van der Waals surface area contributed by atoms with Crippen LogP contribution in [0.4, 0.5) is 4.79 Å². The Morgan fingerprint density at radius 1 is 1.18 bits per heavy atom. The molecule has 2 rings (SSSR count). The fourth-order valence-corrected chi connectivity index (χ4v) is 2.87. The molecule has 154 valence electrons. The van der Waals surface area contributed by atoms with E-state index in [2.05, 4.69) is 15.6 Å². The average molecular weight is 391 g/mol. The number of pyridine rings is 1. The minimum absolute atomic E-state index is 0.0317. The highest BCUT2D eigenvalue weighted by molar-refractivity contribution is 5.99. The molecule has 0 aromatic carbocycles. The van der Waals surface area contributed by atoms with E-state index in [9.17, 15) is 14.4 Å². The van der Waals surface area contributed by atoms with Gasteiger partial charge in [0.1, 0.15) is 0 Å². The van der Waals surface area contributed by atoms with Crippen molar-refractivity contribution in [1.29, 1.82) is 0 Å². The lowest BCUT2D eigenvalue weighted by Gasteiger charge is -2.31. The summed E-state index contributed by atoms with van der Waals surface area (Å²) in [5.41, 5.74) is 0.691. The number of hydrogen-bond acceptors (Lipinski definition) is 6. The van der Waals surface area contributed by atoms with Gasteiger partial charge in [-0.2, -0.15) is 0 Å². The number of carbonyl (C=O) groups excluding carboxylic acids is 3. The molecule has 9 heteroatoms. The first-order valence-corrected chi connectivity index (χ1v) is 9.51. The molecule has 28 heavy (non-hydrogen) atoms. The summed E-state index contributed by atoms with van der Waals surface area (Å²) in [7, 11) is 3.85. The lowest BCUT2D eigenvalue weighted by atomic mass is 10.0. The highest BCUT2D eigenvalue weighted by Gasteiger charge is 2.25. The predicted molar refractivity (Wildman–Crippen MR) is 104 cm³/mol. The number of ether oxygens (including phenoxy) is 1. The van der Waals surface area contributed by atoms with E-state index in [0.717, 1.165) is 6.54 Å². The Kier molecular flexibility index (Phi) is 8.19. The van der Waals surface area contributed by atoms with Crippen LogP contribution >= 0.6 is 0 Å². The first kappa shape index (κ1) is 21.6. The summed E-state index contributed by atoms with van der Waals surface area (Å²) in [5.74, 6) is -0.531. The third-order valence-corrected chi connectivity index (χ3v) is 4.46. The van der Waals surface area contributed by atoms with Crippen molar-refractivity contribution in [2.45, 2.75) is 25.8 Å². The first-order chi connectivity index (χ1) is 13.4. The van der Waals surface area contributed by atoms with E-state index in [0.29, 0.717) is 50.2 Å². The molecule has 1 aliphatic rings. The van der Waals surface area contributed by atoms with Crippen molar-refractivity contribution in [2.24, 2.45) is 0 Å². The Bertz CT molecular complexity index is 687. The fraction of sp³-hybridized carbons (Fsp3) is 0.579. The molecule has 3 amide bonds. The smallest absolute Gasteiger partial charge is 0.409 e. The third-order valence-electron chi connectivity index (χ3n) is 4.46. The number of nitrogens with zero attached hydrogens (tertiary/aromatic N) is 3. The van der Waals surface area contributed by atoms with Gasteiger partial charge in [0.05, 0.1) is 17.7 Å². The summed E-state index contributed by atoms with van der Waals surface area (Å²) in [6, 6.07) is 1.51. The van der Waals surface area contributed by atoms with Crippen LogP contribution in [-0.2, 0) is 4.74 Å². The molecule has 0 saturated carbocycles. The maximum absolute atomic E-state index is 12.5. The molecule has 1 aromatic rings. The number of likely N-dealkylation sites (N-methyl/N-ethyl adjacent to an activating group) is 1. The summed E-state index contributed by atoms with van der Waals surface area (Å²) >= 11 is 0. The number of piperidine rings is 1. The normalized spacial score (nSPS) is 14.6. The number of amides is 3. The molecule has 0 bridgehead atoms. The maximum atomic E-state index is 12.5. The topological polar surface area (TPSA) is 104 Å². The molecule has 0 aliphatic carbocycles. The van der Waals surface area contributed by atoms with Gasteiger partial charge in [0.15, 0.2) is 0 Å². The zero-order valence-electron chi connectivity index (χ0n) is 16.7. The van der Waals surface area contributed by atoms with Crippen molar-refractivity contribution in [3.05, 3.63) is 29.6 Å². The van der Waals surface area contributed by atoms with Gasteiger partial charge >= 0.3 is 6.09 Å². The van der Waals surface area contributed by atoms with Gasteiger partial charge in [0.25, 0.3) is 11.8 Å². The maximum Gasteiger partial charge on any atom is 0.409 e. The van der Waals surface area contributed by atoms with Crippen LogP contribution in [0.2, 0.25) is 0 Å². The van der Waals surface area contributed by atoms with Crippen LogP contribution in [0, 0.1) is 0 Å². The van der Waals surface area contributed by atoms with Crippen molar-refractivity contribution < 1.29 is 19.1 Å². The summed E-state index contributed by atoms with van der Waals surface area (Å²) in [6.07, 6.45) is 3.88. The summed E-state index contributed by atoms with van der Waals surface area (Å²) in [4.78, 5) is 44.1. The fourth-order valence-electron chi connectivity index (χ4n) is 2.87. The van der Waals surface area contributed by atoms with E-state index in [4.69, 9.17) is 4.74 Å². The number of likely N-dealkylation sites (tertiary alicyclic amines) is 1. The van der Waals surface area contributed by atoms with Crippen LogP contribution in [0.15, 0.2) is 18.5 Å². The second-order valence-electron chi connectivity index (χ2n) is 6.96. The lowest BCUT2D eigenvalue weighted by molar-refractivity contribution is 0.0859. The monoisotopic (exact) mass is 391 g/mol. The molecule has 1 aromatic heterocycles. The highest BCUT2D eigenvalue weighted by atomic mass is 16.6. The molecule has 1 fully saturated rings. The molecule has 2 N–H and O–H groups in total. The molecular weight excluding hydrogens is 362 g/mol. The SMILES string of the molecule is CCOC(=O)N1CCC(NC(=O)c2cncc(C(=O)NCCN(C)C)c2)CC1. The van der Waals surface area contributed by atoms with Gasteiger partial charge in [0, 0.05) is 44.6 Å². The standard InChI is InChI=1S/C19H29N5O4/c1-4-28-19(27)24-8-5-16(6-9-24)22-18(26)15-11-14(12-20-13-15)17(25)21-7-10-23(2)3/h11-13,16H,4-10H2,1-3H3,(H,21,25)(H,22,26). The second-order valence-corrected chi connectivity index (χ2v) is 6.96. The molecule has 2 heterocycles. The molecule has 0 unspecified atom stereocenters. The zero-order valence-corrected chi connectivity index (χ0v) is 16.7. The Balaban J connectivity index is 1.86. The minimum atomic E-state index is -0.315. The van der Waals surface area contributed by atoms with Crippen LogP contribution < -0.4 is 10.6 Å². The van der Waals surface area contributed by atoms with Crippen molar-refractivity contribution >= 4 is 17.9 Å².